The van der Waals surface area contributed by atoms with Crippen LogP contribution in [0.25, 0.3) is 0 Å². The number of hydrogen-bond donors (Lipinski definition) is 1. The zero-order chi connectivity index (χ0) is 24.3. The summed E-state index contributed by atoms with van der Waals surface area (Å²) in [5, 5.41) is 3.30. The lowest BCUT2D eigenvalue weighted by Crippen LogP contribution is -2.52. The fourth-order valence-electron chi connectivity index (χ4n) is 3.48. The van der Waals surface area contributed by atoms with Crippen molar-refractivity contribution in [1.82, 2.24) is 14.5 Å². The zero-order valence-electron chi connectivity index (χ0n) is 18.6. The van der Waals surface area contributed by atoms with Gasteiger partial charge in [-0.05, 0) is 50.1 Å². The van der Waals surface area contributed by atoms with Crippen molar-refractivity contribution in [3.63, 3.8) is 0 Å². The van der Waals surface area contributed by atoms with E-state index >= 15 is 0 Å². The normalized spacial score (nSPS) is 16.1. The number of sulfonamides is 1. The highest BCUT2D eigenvalue weighted by Crippen LogP contribution is 2.30. The molecule has 0 aromatic heterocycles. The van der Waals surface area contributed by atoms with Crippen LogP contribution in [0.15, 0.2) is 53.4 Å². The van der Waals surface area contributed by atoms with E-state index in [0.717, 1.165) is 0 Å². The maximum absolute atomic E-state index is 13.3. The van der Waals surface area contributed by atoms with Gasteiger partial charge >= 0.3 is 0 Å². The molecular formula is C23H26ClN3O5S. The molecule has 0 radical (unpaired) electrons. The molecule has 0 saturated heterocycles. The van der Waals surface area contributed by atoms with E-state index in [-0.39, 0.29) is 29.0 Å². The van der Waals surface area contributed by atoms with Gasteiger partial charge in [-0.2, -0.15) is 0 Å². The lowest BCUT2D eigenvalue weighted by atomic mass is 10.1. The number of fused-ring (bicyclic) bond motifs is 1. The van der Waals surface area contributed by atoms with Gasteiger partial charge in [0.15, 0.2) is 0 Å². The van der Waals surface area contributed by atoms with Gasteiger partial charge in [0, 0.05) is 17.6 Å². The van der Waals surface area contributed by atoms with E-state index in [2.05, 4.69) is 5.32 Å². The minimum absolute atomic E-state index is 0.0174. The molecule has 10 heteroatoms. The number of amides is 3. The first-order chi connectivity index (χ1) is 15.6. The quantitative estimate of drug-likeness (QED) is 0.611. The topological polar surface area (TPSA) is 104 Å². The van der Waals surface area contributed by atoms with Crippen molar-refractivity contribution in [2.45, 2.75) is 50.7 Å². The van der Waals surface area contributed by atoms with Gasteiger partial charge < -0.3 is 10.2 Å². The average molecular weight is 492 g/mol. The highest BCUT2D eigenvalue weighted by atomic mass is 35.5. The molecule has 1 N–H and O–H groups in total. The summed E-state index contributed by atoms with van der Waals surface area (Å²) in [6.45, 7) is 4.64. The second-order valence-electron chi connectivity index (χ2n) is 7.96. The molecule has 0 aliphatic carbocycles. The Bertz CT molecular complexity index is 1180. The molecular weight excluding hydrogens is 466 g/mol. The van der Waals surface area contributed by atoms with E-state index < -0.39 is 34.4 Å². The van der Waals surface area contributed by atoms with Crippen LogP contribution in [0.4, 0.5) is 0 Å². The molecule has 2 aromatic rings. The molecule has 3 rings (SSSR count). The molecule has 1 aliphatic rings. The third-order valence-electron chi connectivity index (χ3n) is 5.60. The van der Waals surface area contributed by atoms with E-state index in [4.69, 9.17) is 11.6 Å². The Balaban J connectivity index is 1.89. The molecule has 0 saturated carbocycles. The van der Waals surface area contributed by atoms with Gasteiger partial charge in [-0.1, -0.05) is 42.8 Å². The molecule has 8 nitrogen and oxygen atoms in total. The SMILES string of the molecule is CC[C@H](C)NC(=O)[C@H](C)N(Cc1cccc(Cl)c1)C(=O)CN1C(=O)c2ccccc2S1(=O)=O. The number of nitrogens with one attached hydrogen (secondary N) is 1. The number of rotatable bonds is 8. The highest BCUT2D eigenvalue weighted by Gasteiger charge is 2.43. The van der Waals surface area contributed by atoms with Crippen LogP contribution in [0.1, 0.15) is 43.1 Å². The Labute approximate surface area is 198 Å². The second kappa shape index (κ2) is 9.93. The number of carbonyl (C=O) groups is 3. The number of hydrogen-bond acceptors (Lipinski definition) is 5. The third-order valence-corrected chi connectivity index (χ3v) is 7.62. The first-order valence-electron chi connectivity index (χ1n) is 10.6. The fraction of sp³-hybridized carbons (Fsp3) is 0.348. The molecule has 1 heterocycles. The number of halogens is 1. The largest absolute Gasteiger partial charge is 0.352 e. The van der Waals surface area contributed by atoms with E-state index in [9.17, 15) is 22.8 Å². The van der Waals surface area contributed by atoms with Gasteiger partial charge in [-0.15, -0.1) is 0 Å². The minimum atomic E-state index is -4.16. The van der Waals surface area contributed by atoms with E-state index in [1.165, 1.54) is 23.1 Å². The smallest absolute Gasteiger partial charge is 0.269 e. The maximum atomic E-state index is 13.3. The Kier molecular flexibility index (Phi) is 7.44. The number of nitrogens with zero attached hydrogens (tertiary/aromatic N) is 2. The molecule has 0 spiro atoms. The lowest BCUT2D eigenvalue weighted by molar-refractivity contribution is -0.140. The van der Waals surface area contributed by atoms with Crippen LogP contribution in [0.5, 0.6) is 0 Å². The molecule has 33 heavy (non-hydrogen) atoms. The Morgan fingerprint density at radius 3 is 2.45 bits per heavy atom. The van der Waals surface area contributed by atoms with Crippen molar-refractivity contribution in [3.05, 3.63) is 64.7 Å². The van der Waals surface area contributed by atoms with Crippen molar-refractivity contribution in [2.24, 2.45) is 0 Å². The summed E-state index contributed by atoms with van der Waals surface area (Å²) in [6.07, 6.45) is 0.708. The monoisotopic (exact) mass is 491 g/mol. The van der Waals surface area contributed by atoms with Crippen molar-refractivity contribution < 1.29 is 22.8 Å². The van der Waals surface area contributed by atoms with Crippen LogP contribution in [0, 0.1) is 0 Å². The van der Waals surface area contributed by atoms with Crippen molar-refractivity contribution in [1.29, 1.82) is 0 Å². The Morgan fingerprint density at radius 1 is 1.12 bits per heavy atom. The summed E-state index contributed by atoms with van der Waals surface area (Å²) >= 11 is 6.07. The van der Waals surface area contributed by atoms with Crippen LogP contribution in [0.3, 0.4) is 0 Å². The van der Waals surface area contributed by atoms with Crippen molar-refractivity contribution in [3.8, 4) is 0 Å². The standard InChI is InChI=1S/C23H26ClN3O5S/c1-4-15(2)25-22(29)16(3)26(13-17-8-7-9-18(24)12-17)21(28)14-27-23(30)19-10-5-6-11-20(19)33(27,31)32/h5-12,15-16H,4,13-14H2,1-3H3,(H,25,29)/t15-,16-/m0/s1. The Morgan fingerprint density at radius 2 is 1.82 bits per heavy atom. The lowest BCUT2D eigenvalue weighted by Gasteiger charge is -2.30. The summed E-state index contributed by atoms with van der Waals surface area (Å²) in [4.78, 5) is 40.0. The molecule has 1 aliphatic heterocycles. The van der Waals surface area contributed by atoms with E-state index in [1.54, 1.807) is 37.3 Å². The van der Waals surface area contributed by atoms with Crippen LogP contribution >= 0.6 is 11.6 Å². The van der Waals surface area contributed by atoms with Gasteiger partial charge in [0.2, 0.25) is 11.8 Å². The van der Waals surface area contributed by atoms with Gasteiger partial charge in [0.1, 0.15) is 17.5 Å². The summed E-state index contributed by atoms with van der Waals surface area (Å²) in [6, 6.07) is 11.6. The molecule has 0 fully saturated rings. The van der Waals surface area contributed by atoms with Gasteiger partial charge in [0.25, 0.3) is 15.9 Å². The van der Waals surface area contributed by atoms with Crippen LogP contribution in [-0.2, 0) is 26.2 Å². The maximum Gasteiger partial charge on any atom is 0.269 e. The van der Waals surface area contributed by atoms with E-state index in [1.807, 2.05) is 13.8 Å². The minimum Gasteiger partial charge on any atom is -0.352 e. The van der Waals surface area contributed by atoms with Crippen LogP contribution < -0.4 is 5.32 Å². The average Bonchev–Trinajstić information content (AvgIpc) is 2.97. The van der Waals surface area contributed by atoms with Crippen LogP contribution in [-0.4, -0.2) is 54.0 Å². The number of benzene rings is 2. The predicted molar refractivity (Wildman–Crippen MR) is 124 cm³/mol. The summed E-state index contributed by atoms with van der Waals surface area (Å²) in [7, 11) is -4.16. The molecule has 2 aromatic carbocycles. The molecule has 0 unspecified atom stereocenters. The second-order valence-corrected chi connectivity index (χ2v) is 10.2. The number of carbonyl (C=O) groups excluding carboxylic acids is 3. The molecule has 0 bridgehead atoms. The van der Waals surface area contributed by atoms with Gasteiger partial charge in [-0.25, -0.2) is 12.7 Å². The first kappa shape index (κ1) is 24.7. The molecule has 2 atom stereocenters. The van der Waals surface area contributed by atoms with Crippen LogP contribution in [0.2, 0.25) is 5.02 Å². The third kappa shape index (κ3) is 5.20. The summed E-state index contributed by atoms with van der Waals surface area (Å²) < 4.78 is 26.3. The Hall–Kier alpha value is -2.91. The van der Waals surface area contributed by atoms with Crippen molar-refractivity contribution in [2.75, 3.05) is 6.54 Å². The van der Waals surface area contributed by atoms with E-state index in [0.29, 0.717) is 21.3 Å². The highest BCUT2D eigenvalue weighted by molar-refractivity contribution is 7.90. The van der Waals surface area contributed by atoms with Gasteiger partial charge in [-0.3, -0.25) is 14.4 Å². The zero-order valence-corrected chi connectivity index (χ0v) is 20.2. The summed E-state index contributed by atoms with van der Waals surface area (Å²) in [5.41, 5.74) is 0.687. The fourth-order valence-corrected chi connectivity index (χ4v) is 5.21. The first-order valence-corrected chi connectivity index (χ1v) is 12.4. The van der Waals surface area contributed by atoms with Crippen molar-refractivity contribution >= 4 is 39.3 Å². The molecule has 3 amide bonds. The summed E-state index contributed by atoms with van der Waals surface area (Å²) in [5.74, 6) is -1.82. The molecule has 176 valence electrons. The van der Waals surface area contributed by atoms with Gasteiger partial charge in [0.05, 0.1) is 5.56 Å². The predicted octanol–water partition coefficient (Wildman–Crippen LogP) is 2.82.